The van der Waals surface area contributed by atoms with E-state index in [0.717, 1.165) is 42.4 Å². The summed E-state index contributed by atoms with van der Waals surface area (Å²) in [4.78, 5) is 20.2. The molecule has 0 atom stereocenters. The molecule has 0 unspecified atom stereocenters. The number of ether oxygens (including phenoxy) is 3. The Morgan fingerprint density at radius 2 is 1.88 bits per heavy atom. The number of benzene rings is 1. The van der Waals surface area contributed by atoms with E-state index < -0.39 is 0 Å². The second kappa shape index (κ2) is 12.0. The minimum absolute atomic E-state index is 0.0262. The van der Waals surface area contributed by atoms with E-state index in [1.807, 2.05) is 57.2 Å². The van der Waals surface area contributed by atoms with Crippen LogP contribution in [0.1, 0.15) is 52.0 Å². The topological polar surface area (TPSA) is 98.7 Å². The van der Waals surface area contributed by atoms with E-state index in [1.54, 1.807) is 0 Å². The summed E-state index contributed by atoms with van der Waals surface area (Å²) in [6, 6.07) is 8.36. The summed E-state index contributed by atoms with van der Waals surface area (Å²) in [7, 11) is 0. The van der Waals surface area contributed by atoms with Crippen LogP contribution in [0.2, 0.25) is 0 Å². The van der Waals surface area contributed by atoms with Crippen LogP contribution in [0.5, 0.6) is 6.01 Å². The first-order chi connectivity index (χ1) is 16.0. The molecule has 33 heavy (non-hydrogen) atoms. The highest BCUT2D eigenvalue weighted by atomic mass is 16.5. The van der Waals surface area contributed by atoms with Crippen molar-refractivity contribution < 1.29 is 19.0 Å². The zero-order chi connectivity index (χ0) is 23.6. The molecule has 1 N–H and O–H groups in total. The maximum absolute atomic E-state index is 11.9. The van der Waals surface area contributed by atoms with Gasteiger partial charge in [0.25, 0.3) is 0 Å². The second-order valence-electron chi connectivity index (χ2n) is 7.83. The first-order valence-corrected chi connectivity index (χ1v) is 11.4. The minimum atomic E-state index is -0.101. The van der Waals surface area contributed by atoms with Crippen LogP contribution in [0, 0.1) is 5.92 Å². The van der Waals surface area contributed by atoms with E-state index in [2.05, 4.69) is 26.9 Å². The van der Waals surface area contributed by atoms with Gasteiger partial charge in [-0.05, 0) is 64.3 Å². The monoisotopic (exact) mass is 452 g/mol. The molecular weight excluding hydrogens is 420 g/mol. The molecule has 3 rings (SSSR count). The third-order valence-corrected chi connectivity index (χ3v) is 5.57. The maximum atomic E-state index is 11.9. The SMILES string of the molecule is C=N/C(=C\C=C(/C)c1ccc(-c2nc(OCC)n[nH]2)cc1)OC1CCC(C(=O)OCC)CC1. The number of esters is 1. The highest BCUT2D eigenvalue weighted by molar-refractivity contribution is 5.72. The van der Waals surface area contributed by atoms with Gasteiger partial charge >= 0.3 is 12.0 Å². The van der Waals surface area contributed by atoms with Crippen molar-refractivity contribution in [2.24, 2.45) is 10.9 Å². The predicted octanol–water partition coefficient (Wildman–Crippen LogP) is 4.95. The van der Waals surface area contributed by atoms with Gasteiger partial charge in [0.1, 0.15) is 6.10 Å². The number of rotatable bonds is 10. The molecule has 1 saturated carbocycles. The van der Waals surface area contributed by atoms with Crippen molar-refractivity contribution in [1.82, 2.24) is 15.2 Å². The number of H-pyrrole nitrogens is 1. The lowest BCUT2D eigenvalue weighted by Gasteiger charge is -2.27. The molecule has 8 heteroatoms. The molecule has 1 aromatic heterocycles. The van der Waals surface area contributed by atoms with Crippen molar-refractivity contribution in [3.05, 3.63) is 47.9 Å². The summed E-state index contributed by atoms with van der Waals surface area (Å²) in [5.74, 6) is 1.02. The summed E-state index contributed by atoms with van der Waals surface area (Å²) < 4.78 is 16.4. The number of aromatic amines is 1. The van der Waals surface area contributed by atoms with Gasteiger partial charge in [0.15, 0.2) is 5.82 Å². The molecule has 0 radical (unpaired) electrons. The number of hydrogen-bond acceptors (Lipinski definition) is 7. The fourth-order valence-corrected chi connectivity index (χ4v) is 3.73. The Labute approximate surface area is 194 Å². The van der Waals surface area contributed by atoms with Gasteiger partial charge in [-0.2, -0.15) is 4.98 Å². The molecule has 176 valence electrons. The predicted molar refractivity (Wildman–Crippen MR) is 128 cm³/mol. The molecule has 8 nitrogen and oxygen atoms in total. The normalized spacial score (nSPS) is 19.1. The molecule has 1 aromatic carbocycles. The van der Waals surface area contributed by atoms with Crippen LogP contribution in [0.4, 0.5) is 0 Å². The molecule has 1 aliphatic rings. The average Bonchev–Trinajstić information content (AvgIpc) is 3.31. The van der Waals surface area contributed by atoms with Gasteiger partial charge in [-0.3, -0.25) is 9.89 Å². The van der Waals surface area contributed by atoms with Gasteiger partial charge in [-0.15, -0.1) is 5.10 Å². The van der Waals surface area contributed by atoms with E-state index in [1.165, 1.54) is 0 Å². The van der Waals surface area contributed by atoms with Gasteiger partial charge < -0.3 is 14.2 Å². The Kier molecular flexibility index (Phi) is 8.80. The van der Waals surface area contributed by atoms with Crippen molar-refractivity contribution in [1.29, 1.82) is 0 Å². The largest absolute Gasteiger partial charge is 0.474 e. The van der Waals surface area contributed by atoms with Crippen LogP contribution < -0.4 is 4.74 Å². The molecule has 0 bridgehead atoms. The summed E-state index contributed by atoms with van der Waals surface area (Å²) in [5, 5.41) is 6.92. The summed E-state index contributed by atoms with van der Waals surface area (Å²) in [6.45, 7) is 10.3. The number of allylic oxidation sites excluding steroid dienone is 3. The molecule has 2 aromatic rings. The Bertz CT molecular complexity index is 986. The van der Waals surface area contributed by atoms with E-state index >= 15 is 0 Å². The lowest BCUT2D eigenvalue weighted by molar-refractivity contribution is -0.149. The second-order valence-corrected chi connectivity index (χ2v) is 7.83. The molecular formula is C25H32N4O4. The fourth-order valence-electron chi connectivity index (χ4n) is 3.73. The molecule has 0 saturated heterocycles. The van der Waals surface area contributed by atoms with Crippen molar-refractivity contribution >= 4 is 18.3 Å². The van der Waals surface area contributed by atoms with Crippen LogP contribution in [0.3, 0.4) is 0 Å². The van der Waals surface area contributed by atoms with E-state index in [4.69, 9.17) is 14.2 Å². The Balaban J connectivity index is 1.58. The lowest BCUT2D eigenvalue weighted by atomic mass is 9.87. The van der Waals surface area contributed by atoms with Crippen molar-refractivity contribution in [3.63, 3.8) is 0 Å². The molecule has 0 spiro atoms. The molecule has 0 amide bonds. The van der Waals surface area contributed by atoms with Crippen LogP contribution in [0.15, 0.2) is 47.3 Å². The van der Waals surface area contributed by atoms with Gasteiger partial charge in [0.05, 0.1) is 19.1 Å². The van der Waals surface area contributed by atoms with Gasteiger partial charge in [0, 0.05) is 11.6 Å². The molecule has 1 heterocycles. The standard InChI is InChI=1S/C25H32N4O4/c1-5-31-24(30)20-12-14-21(15-13-20)33-22(26-4)16-7-17(3)18-8-10-19(11-9-18)23-27-25(29-28-23)32-6-2/h7-11,16,20-21H,4-6,12-15H2,1-3H3,(H,27,28,29)/b17-7+,22-16+. The molecule has 1 fully saturated rings. The smallest absolute Gasteiger partial charge is 0.335 e. The van der Waals surface area contributed by atoms with E-state index in [-0.39, 0.29) is 18.0 Å². The Morgan fingerprint density at radius 1 is 1.15 bits per heavy atom. The summed E-state index contributed by atoms with van der Waals surface area (Å²) >= 11 is 0. The highest BCUT2D eigenvalue weighted by Gasteiger charge is 2.28. The van der Waals surface area contributed by atoms with Crippen LogP contribution >= 0.6 is 0 Å². The van der Waals surface area contributed by atoms with Crippen molar-refractivity contribution in [2.45, 2.75) is 52.6 Å². The van der Waals surface area contributed by atoms with Gasteiger partial charge in [-0.1, -0.05) is 30.3 Å². The third kappa shape index (κ3) is 6.78. The number of nitrogens with zero attached hydrogens (tertiary/aromatic N) is 3. The Morgan fingerprint density at radius 3 is 2.52 bits per heavy atom. The van der Waals surface area contributed by atoms with Gasteiger partial charge in [0.2, 0.25) is 5.88 Å². The number of carbonyl (C=O) groups is 1. The zero-order valence-electron chi connectivity index (χ0n) is 19.5. The number of nitrogens with one attached hydrogen (secondary N) is 1. The number of hydrogen-bond donors (Lipinski definition) is 1. The van der Waals surface area contributed by atoms with Crippen LogP contribution in [-0.4, -0.2) is 47.2 Å². The first-order valence-electron chi connectivity index (χ1n) is 11.4. The summed E-state index contributed by atoms with van der Waals surface area (Å²) in [5.41, 5.74) is 3.05. The first kappa shape index (κ1) is 24.2. The highest BCUT2D eigenvalue weighted by Crippen LogP contribution is 2.29. The third-order valence-electron chi connectivity index (χ3n) is 5.57. The van der Waals surface area contributed by atoms with E-state index in [9.17, 15) is 4.79 Å². The van der Waals surface area contributed by atoms with Crippen molar-refractivity contribution in [2.75, 3.05) is 13.2 Å². The average molecular weight is 453 g/mol. The quantitative estimate of drug-likeness (QED) is 0.237. The molecule has 0 aliphatic heterocycles. The van der Waals surface area contributed by atoms with E-state index in [0.29, 0.717) is 30.9 Å². The minimum Gasteiger partial charge on any atom is -0.474 e. The molecule has 1 aliphatic carbocycles. The van der Waals surface area contributed by atoms with Crippen LogP contribution in [0.25, 0.3) is 17.0 Å². The summed E-state index contributed by atoms with van der Waals surface area (Å²) in [6.07, 6.45) is 6.96. The van der Waals surface area contributed by atoms with Gasteiger partial charge in [-0.25, -0.2) is 4.99 Å². The fraction of sp³-hybridized carbons (Fsp3) is 0.440. The number of aromatic nitrogens is 3. The lowest BCUT2D eigenvalue weighted by Crippen LogP contribution is -2.27. The zero-order valence-corrected chi connectivity index (χ0v) is 19.5. The van der Waals surface area contributed by atoms with Crippen molar-refractivity contribution in [3.8, 4) is 17.4 Å². The number of carbonyl (C=O) groups excluding carboxylic acids is 1. The van der Waals surface area contributed by atoms with Crippen LogP contribution in [-0.2, 0) is 14.3 Å². The Hall–Kier alpha value is -3.42. The maximum Gasteiger partial charge on any atom is 0.335 e. The number of aliphatic imine (C=N–C) groups is 1.